The van der Waals surface area contributed by atoms with Gasteiger partial charge in [-0.2, -0.15) is 8.78 Å². The summed E-state index contributed by atoms with van der Waals surface area (Å²) in [5, 5.41) is 0. The molecule has 1 aliphatic heterocycles. The third kappa shape index (κ3) is 4.47. The number of hydrogen-bond acceptors (Lipinski definition) is 5. The lowest BCUT2D eigenvalue weighted by Gasteiger charge is -2.27. The predicted molar refractivity (Wildman–Crippen MR) is 97.3 cm³/mol. The van der Waals surface area contributed by atoms with E-state index in [1.54, 1.807) is 20.3 Å². The van der Waals surface area contributed by atoms with Crippen LogP contribution in [0.2, 0.25) is 0 Å². The van der Waals surface area contributed by atoms with Crippen LogP contribution < -0.4 is 14.2 Å². The number of nitrogens with zero attached hydrogens (tertiary/aromatic N) is 2. The minimum atomic E-state index is -2.88. The predicted octanol–water partition coefficient (Wildman–Crippen LogP) is 4.28. The van der Waals surface area contributed by atoms with Crippen LogP contribution in [0.1, 0.15) is 30.6 Å². The molecule has 0 amide bonds. The zero-order valence-corrected chi connectivity index (χ0v) is 15.7. The van der Waals surface area contributed by atoms with Crippen LogP contribution in [-0.4, -0.2) is 37.3 Å². The van der Waals surface area contributed by atoms with E-state index in [1.807, 2.05) is 24.3 Å². The lowest BCUT2D eigenvalue weighted by Crippen LogP contribution is -2.24. The van der Waals surface area contributed by atoms with Crippen molar-refractivity contribution in [3.8, 4) is 17.4 Å². The van der Waals surface area contributed by atoms with Crippen molar-refractivity contribution in [2.24, 2.45) is 5.92 Å². The van der Waals surface area contributed by atoms with Crippen LogP contribution in [0, 0.1) is 5.92 Å². The zero-order valence-electron chi connectivity index (χ0n) is 15.7. The van der Waals surface area contributed by atoms with Gasteiger partial charge in [-0.3, -0.25) is 4.90 Å². The molecule has 0 saturated carbocycles. The van der Waals surface area contributed by atoms with Crippen molar-refractivity contribution in [1.29, 1.82) is 0 Å². The largest absolute Gasteiger partial charge is 0.496 e. The summed E-state index contributed by atoms with van der Waals surface area (Å²) in [4.78, 5) is 6.49. The Morgan fingerprint density at radius 1 is 1.11 bits per heavy atom. The summed E-state index contributed by atoms with van der Waals surface area (Å²) in [5.74, 6) is 1.97. The molecule has 1 aromatic heterocycles. The Balaban J connectivity index is 1.88. The quantitative estimate of drug-likeness (QED) is 0.719. The molecule has 1 fully saturated rings. The standard InChI is InChI=1S/C20H24F2N2O3/c1-13-10-15(19-16(25-2)7-5-8-17(19)26-3)24(11-13)12-14-6-4-9-18(23-14)27-20(21)22/h4-9,13,15,20H,10-12H2,1-3H3. The SMILES string of the molecule is COc1cccc(OC)c1C1CC(C)CN1Cc1cccc(OC(F)F)n1. The van der Waals surface area contributed by atoms with Crippen LogP contribution in [0.4, 0.5) is 8.78 Å². The van der Waals surface area contributed by atoms with E-state index in [2.05, 4.69) is 21.5 Å². The molecule has 7 heteroatoms. The van der Waals surface area contributed by atoms with Crippen molar-refractivity contribution < 1.29 is 23.0 Å². The van der Waals surface area contributed by atoms with Gasteiger partial charge in [0.2, 0.25) is 5.88 Å². The summed E-state index contributed by atoms with van der Waals surface area (Å²) < 4.78 is 40.5. The minimum absolute atomic E-state index is 0.0684. The van der Waals surface area contributed by atoms with E-state index >= 15 is 0 Å². The summed E-state index contributed by atoms with van der Waals surface area (Å²) in [6, 6.07) is 10.8. The van der Waals surface area contributed by atoms with Gasteiger partial charge in [-0.15, -0.1) is 0 Å². The first-order chi connectivity index (χ1) is 13.0. The molecule has 5 nitrogen and oxygen atoms in total. The molecule has 3 rings (SSSR count). The Labute approximate surface area is 157 Å². The highest BCUT2D eigenvalue weighted by Gasteiger charge is 2.34. The average Bonchev–Trinajstić information content (AvgIpc) is 3.00. The average molecular weight is 378 g/mol. The molecule has 0 aliphatic carbocycles. The molecule has 0 N–H and O–H groups in total. The maximum atomic E-state index is 12.5. The Kier molecular flexibility index (Phi) is 6.11. The monoisotopic (exact) mass is 378 g/mol. The highest BCUT2D eigenvalue weighted by atomic mass is 19.3. The second-order valence-electron chi connectivity index (χ2n) is 6.71. The van der Waals surface area contributed by atoms with Crippen LogP contribution in [0.25, 0.3) is 0 Å². The number of pyridine rings is 1. The fourth-order valence-corrected chi connectivity index (χ4v) is 3.73. The van der Waals surface area contributed by atoms with Gasteiger partial charge in [0.15, 0.2) is 0 Å². The highest BCUT2D eigenvalue weighted by Crippen LogP contribution is 2.44. The Bertz CT molecular complexity index is 750. The number of methoxy groups -OCH3 is 2. The lowest BCUT2D eigenvalue weighted by atomic mass is 9.99. The molecule has 2 atom stereocenters. The van der Waals surface area contributed by atoms with Crippen molar-refractivity contribution in [3.63, 3.8) is 0 Å². The summed E-state index contributed by atoms with van der Waals surface area (Å²) in [6.07, 6.45) is 0.948. The van der Waals surface area contributed by atoms with Gasteiger partial charge in [-0.05, 0) is 30.5 Å². The molecular weight excluding hydrogens is 354 g/mol. The van der Waals surface area contributed by atoms with Crippen molar-refractivity contribution in [2.75, 3.05) is 20.8 Å². The topological polar surface area (TPSA) is 43.8 Å². The molecule has 1 aliphatic rings. The van der Waals surface area contributed by atoms with Crippen molar-refractivity contribution >= 4 is 0 Å². The Hall–Kier alpha value is -2.41. The van der Waals surface area contributed by atoms with Crippen LogP contribution >= 0.6 is 0 Å². The molecule has 1 aromatic carbocycles. The molecule has 1 saturated heterocycles. The molecule has 0 radical (unpaired) electrons. The molecule has 0 bridgehead atoms. The maximum absolute atomic E-state index is 12.5. The van der Waals surface area contributed by atoms with E-state index < -0.39 is 6.61 Å². The number of rotatable bonds is 7. The summed E-state index contributed by atoms with van der Waals surface area (Å²) in [5.41, 5.74) is 1.69. The summed E-state index contributed by atoms with van der Waals surface area (Å²) >= 11 is 0. The Morgan fingerprint density at radius 2 is 1.78 bits per heavy atom. The van der Waals surface area contributed by atoms with Gasteiger partial charge in [0, 0.05) is 25.2 Å². The van der Waals surface area contributed by atoms with Gasteiger partial charge in [0.05, 0.1) is 25.5 Å². The van der Waals surface area contributed by atoms with E-state index in [4.69, 9.17) is 9.47 Å². The van der Waals surface area contributed by atoms with E-state index in [9.17, 15) is 8.78 Å². The van der Waals surface area contributed by atoms with Crippen LogP contribution in [0.15, 0.2) is 36.4 Å². The zero-order chi connectivity index (χ0) is 19.4. The second kappa shape index (κ2) is 8.52. The first kappa shape index (κ1) is 19.4. The highest BCUT2D eigenvalue weighted by molar-refractivity contribution is 5.47. The molecule has 2 heterocycles. The molecule has 27 heavy (non-hydrogen) atoms. The third-order valence-electron chi connectivity index (χ3n) is 4.77. The van der Waals surface area contributed by atoms with E-state index in [0.717, 1.165) is 30.0 Å². The smallest absolute Gasteiger partial charge is 0.388 e. The number of alkyl halides is 2. The summed E-state index contributed by atoms with van der Waals surface area (Å²) in [6.45, 7) is 0.702. The van der Waals surface area contributed by atoms with Gasteiger partial charge in [0.25, 0.3) is 0 Å². The van der Waals surface area contributed by atoms with Gasteiger partial charge >= 0.3 is 6.61 Å². The van der Waals surface area contributed by atoms with Crippen LogP contribution in [-0.2, 0) is 6.54 Å². The Morgan fingerprint density at radius 3 is 2.41 bits per heavy atom. The van der Waals surface area contributed by atoms with Gasteiger partial charge in [-0.25, -0.2) is 4.98 Å². The number of ether oxygens (including phenoxy) is 3. The van der Waals surface area contributed by atoms with Crippen molar-refractivity contribution in [2.45, 2.75) is 32.5 Å². The molecular formula is C20H24F2N2O3. The minimum Gasteiger partial charge on any atom is -0.496 e. The van der Waals surface area contributed by atoms with Crippen LogP contribution in [0.3, 0.4) is 0 Å². The normalized spacial score (nSPS) is 20.1. The molecule has 0 spiro atoms. The van der Waals surface area contributed by atoms with Gasteiger partial charge in [-0.1, -0.05) is 19.1 Å². The number of benzene rings is 1. The molecule has 146 valence electrons. The lowest BCUT2D eigenvalue weighted by molar-refractivity contribution is -0.0530. The van der Waals surface area contributed by atoms with Crippen LogP contribution in [0.5, 0.6) is 17.4 Å². The van der Waals surface area contributed by atoms with E-state index in [0.29, 0.717) is 18.2 Å². The van der Waals surface area contributed by atoms with E-state index in [-0.39, 0.29) is 11.9 Å². The fourth-order valence-electron chi connectivity index (χ4n) is 3.73. The first-order valence-corrected chi connectivity index (χ1v) is 8.87. The second-order valence-corrected chi connectivity index (χ2v) is 6.71. The van der Waals surface area contributed by atoms with Crippen molar-refractivity contribution in [1.82, 2.24) is 9.88 Å². The fraction of sp³-hybridized carbons (Fsp3) is 0.450. The number of hydrogen-bond donors (Lipinski definition) is 0. The van der Waals surface area contributed by atoms with Crippen molar-refractivity contribution in [3.05, 3.63) is 47.7 Å². The number of aromatic nitrogens is 1. The third-order valence-corrected chi connectivity index (χ3v) is 4.77. The van der Waals surface area contributed by atoms with Gasteiger partial charge in [0.1, 0.15) is 11.5 Å². The molecule has 2 unspecified atom stereocenters. The van der Waals surface area contributed by atoms with Gasteiger partial charge < -0.3 is 14.2 Å². The number of halogens is 2. The molecule has 2 aromatic rings. The number of likely N-dealkylation sites (tertiary alicyclic amines) is 1. The van der Waals surface area contributed by atoms with E-state index in [1.165, 1.54) is 6.07 Å². The first-order valence-electron chi connectivity index (χ1n) is 8.87. The summed E-state index contributed by atoms with van der Waals surface area (Å²) in [7, 11) is 3.29. The maximum Gasteiger partial charge on any atom is 0.388 e.